The summed E-state index contributed by atoms with van der Waals surface area (Å²) in [4.78, 5) is 5.11. The first kappa shape index (κ1) is 23.6. The molecule has 1 aromatic heterocycles. The maximum atomic E-state index is 13.0. The van der Waals surface area contributed by atoms with Crippen LogP contribution in [0.25, 0.3) is 11.0 Å². The number of hydrogen-bond donors (Lipinski definition) is 0. The Morgan fingerprint density at radius 3 is 2.72 bits per heavy atom. The Kier molecular flexibility index (Phi) is 7.47. The molecule has 6 nitrogen and oxygen atoms in total. The van der Waals surface area contributed by atoms with Gasteiger partial charge in [0.1, 0.15) is 0 Å². The minimum atomic E-state index is -3.54. The summed E-state index contributed by atoms with van der Waals surface area (Å²) in [6.07, 6.45) is 2.23. The lowest BCUT2D eigenvalue weighted by Gasteiger charge is -2.18. The van der Waals surface area contributed by atoms with E-state index in [1.54, 1.807) is 23.9 Å². The van der Waals surface area contributed by atoms with Crippen LogP contribution < -0.4 is 0 Å². The summed E-state index contributed by atoms with van der Waals surface area (Å²) in [6.45, 7) is 6.06. The van der Waals surface area contributed by atoms with Gasteiger partial charge in [-0.2, -0.15) is 4.31 Å². The summed E-state index contributed by atoms with van der Waals surface area (Å²) in [6, 6.07) is 13.1. The van der Waals surface area contributed by atoms with Gasteiger partial charge < -0.3 is 9.30 Å². The molecule has 2 aromatic carbocycles. The Morgan fingerprint density at radius 1 is 1.22 bits per heavy atom. The predicted molar refractivity (Wildman–Crippen MR) is 130 cm³/mol. The van der Waals surface area contributed by atoms with Crippen LogP contribution in [0.1, 0.15) is 32.3 Å². The van der Waals surface area contributed by atoms with E-state index in [4.69, 9.17) is 21.3 Å². The molecule has 0 saturated carbocycles. The van der Waals surface area contributed by atoms with Crippen LogP contribution in [0.2, 0.25) is 5.02 Å². The molecular formula is C23H28ClN3O3S2. The Morgan fingerprint density at radius 2 is 2.03 bits per heavy atom. The minimum absolute atomic E-state index is 0.150. The molecule has 1 aliphatic rings. The van der Waals surface area contributed by atoms with Gasteiger partial charge in [0.05, 0.1) is 28.6 Å². The molecule has 172 valence electrons. The average molecular weight is 494 g/mol. The SMILES string of the molecule is CCN(CC)S(=O)(=O)c1ccc2c(c1)nc(SCc1cccc(Cl)c1)n2C[C@@H]1CCCO1. The van der Waals surface area contributed by atoms with Gasteiger partial charge in [-0.1, -0.05) is 49.3 Å². The fraction of sp³-hybridized carbons (Fsp3) is 0.435. The van der Waals surface area contributed by atoms with Crippen molar-refractivity contribution in [1.82, 2.24) is 13.9 Å². The van der Waals surface area contributed by atoms with Crippen molar-refractivity contribution in [2.45, 2.75) is 55.1 Å². The molecule has 0 amide bonds. The van der Waals surface area contributed by atoms with Crippen molar-refractivity contribution in [3.63, 3.8) is 0 Å². The highest BCUT2D eigenvalue weighted by Gasteiger charge is 2.24. The van der Waals surface area contributed by atoms with Gasteiger partial charge in [-0.25, -0.2) is 13.4 Å². The van der Waals surface area contributed by atoms with E-state index in [2.05, 4.69) is 4.57 Å². The third-order valence-corrected chi connectivity index (χ3v) is 9.02. The average Bonchev–Trinajstić information content (AvgIpc) is 3.41. The summed E-state index contributed by atoms with van der Waals surface area (Å²) in [5.41, 5.74) is 2.72. The molecule has 9 heteroatoms. The highest BCUT2D eigenvalue weighted by atomic mass is 35.5. The van der Waals surface area contributed by atoms with Crippen LogP contribution in [0, 0.1) is 0 Å². The van der Waals surface area contributed by atoms with E-state index in [0.29, 0.717) is 30.2 Å². The standard InChI is InChI=1S/C23H28ClN3O3S2/c1-3-26(4-2)32(28,29)20-10-11-22-21(14-20)25-23(27(22)15-19-9-6-12-30-19)31-16-17-7-5-8-18(24)13-17/h5,7-8,10-11,13-14,19H,3-4,6,9,12,15-16H2,1-2H3/t19-/m0/s1. The minimum Gasteiger partial charge on any atom is -0.376 e. The number of halogens is 1. The molecule has 0 bridgehead atoms. The molecule has 0 aliphatic carbocycles. The Balaban J connectivity index is 1.70. The quantitative estimate of drug-likeness (QED) is 0.384. The largest absolute Gasteiger partial charge is 0.376 e. The van der Waals surface area contributed by atoms with E-state index in [9.17, 15) is 8.42 Å². The second-order valence-electron chi connectivity index (χ2n) is 7.80. The Hall–Kier alpha value is -1.58. The Bertz CT molecular complexity index is 1190. The predicted octanol–water partition coefficient (Wildman–Crippen LogP) is 5.19. The van der Waals surface area contributed by atoms with E-state index in [1.165, 1.54) is 4.31 Å². The van der Waals surface area contributed by atoms with E-state index in [1.807, 2.05) is 44.2 Å². The number of hydrogen-bond acceptors (Lipinski definition) is 5. The van der Waals surface area contributed by atoms with E-state index < -0.39 is 10.0 Å². The number of thioether (sulfide) groups is 1. The highest BCUT2D eigenvalue weighted by Crippen LogP contribution is 2.31. The van der Waals surface area contributed by atoms with Gasteiger partial charge in [-0.3, -0.25) is 0 Å². The number of sulfonamides is 1. The summed E-state index contributed by atoms with van der Waals surface area (Å²) in [5.74, 6) is 0.722. The van der Waals surface area contributed by atoms with Crippen LogP contribution in [-0.4, -0.2) is 48.1 Å². The third kappa shape index (κ3) is 4.99. The lowest BCUT2D eigenvalue weighted by Crippen LogP contribution is -2.30. The second kappa shape index (κ2) is 10.1. The zero-order valence-corrected chi connectivity index (χ0v) is 20.7. The number of ether oxygens (including phenoxy) is 1. The molecule has 0 radical (unpaired) electrons. The molecule has 3 aromatic rings. The molecule has 2 heterocycles. The maximum Gasteiger partial charge on any atom is 0.243 e. The van der Waals surface area contributed by atoms with Gasteiger partial charge in [0, 0.05) is 30.5 Å². The summed E-state index contributed by atoms with van der Waals surface area (Å²) in [7, 11) is -3.54. The number of benzene rings is 2. The first-order valence-electron chi connectivity index (χ1n) is 10.9. The summed E-state index contributed by atoms with van der Waals surface area (Å²) < 4.78 is 35.5. The number of fused-ring (bicyclic) bond motifs is 1. The first-order chi connectivity index (χ1) is 15.4. The molecule has 32 heavy (non-hydrogen) atoms. The van der Waals surface area contributed by atoms with E-state index in [-0.39, 0.29) is 11.0 Å². The van der Waals surface area contributed by atoms with Gasteiger partial charge in [0.25, 0.3) is 0 Å². The molecular weight excluding hydrogens is 466 g/mol. The van der Waals surface area contributed by atoms with E-state index >= 15 is 0 Å². The fourth-order valence-electron chi connectivity index (χ4n) is 4.01. The van der Waals surface area contributed by atoms with Gasteiger partial charge in [0.15, 0.2) is 5.16 Å². The van der Waals surface area contributed by atoms with Gasteiger partial charge in [0.2, 0.25) is 10.0 Å². The zero-order chi connectivity index (χ0) is 22.7. The second-order valence-corrected chi connectivity index (χ2v) is 11.1. The smallest absolute Gasteiger partial charge is 0.243 e. The zero-order valence-electron chi connectivity index (χ0n) is 18.3. The van der Waals surface area contributed by atoms with Crippen molar-refractivity contribution < 1.29 is 13.2 Å². The number of aromatic nitrogens is 2. The van der Waals surface area contributed by atoms with Crippen LogP contribution in [0.4, 0.5) is 0 Å². The fourth-order valence-corrected chi connectivity index (χ4v) is 6.67. The van der Waals surface area contributed by atoms with Gasteiger partial charge in [-0.15, -0.1) is 0 Å². The van der Waals surface area contributed by atoms with Crippen molar-refractivity contribution >= 4 is 44.4 Å². The van der Waals surface area contributed by atoms with Crippen molar-refractivity contribution in [2.24, 2.45) is 0 Å². The van der Waals surface area contributed by atoms with E-state index in [0.717, 1.165) is 41.4 Å². The summed E-state index contributed by atoms with van der Waals surface area (Å²) in [5, 5.41) is 1.56. The highest BCUT2D eigenvalue weighted by molar-refractivity contribution is 7.98. The molecule has 4 rings (SSSR count). The molecule has 0 N–H and O–H groups in total. The summed E-state index contributed by atoms with van der Waals surface area (Å²) >= 11 is 7.76. The van der Waals surface area contributed by atoms with Crippen molar-refractivity contribution in [1.29, 1.82) is 0 Å². The third-order valence-electron chi connectivity index (χ3n) is 5.70. The molecule has 1 saturated heterocycles. The maximum absolute atomic E-state index is 13.0. The monoisotopic (exact) mass is 493 g/mol. The Labute approximate surface area is 199 Å². The van der Waals surface area contributed by atoms with Crippen molar-refractivity contribution in [2.75, 3.05) is 19.7 Å². The van der Waals surface area contributed by atoms with Crippen molar-refractivity contribution in [3.8, 4) is 0 Å². The normalized spacial score (nSPS) is 16.9. The van der Waals surface area contributed by atoms with Crippen LogP contribution >= 0.6 is 23.4 Å². The molecule has 1 aliphatic heterocycles. The lowest BCUT2D eigenvalue weighted by molar-refractivity contribution is 0.0960. The topological polar surface area (TPSA) is 64.4 Å². The molecule has 0 unspecified atom stereocenters. The van der Waals surface area contributed by atoms with Crippen LogP contribution in [0.15, 0.2) is 52.5 Å². The van der Waals surface area contributed by atoms with Gasteiger partial charge >= 0.3 is 0 Å². The number of imidazole rings is 1. The lowest BCUT2D eigenvalue weighted by atomic mass is 10.2. The van der Waals surface area contributed by atoms with Crippen LogP contribution in [0.3, 0.4) is 0 Å². The van der Waals surface area contributed by atoms with Crippen molar-refractivity contribution in [3.05, 3.63) is 53.1 Å². The van der Waals surface area contributed by atoms with Crippen LogP contribution in [-0.2, 0) is 27.1 Å². The molecule has 1 atom stereocenters. The number of rotatable bonds is 9. The van der Waals surface area contributed by atoms with Gasteiger partial charge in [-0.05, 0) is 48.7 Å². The van der Waals surface area contributed by atoms with Crippen LogP contribution in [0.5, 0.6) is 0 Å². The first-order valence-corrected chi connectivity index (χ1v) is 13.7. The molecule has 1 fully saturated rings. The number of nitrogens with zero attached hydrogens (tertiary/aromatic N) is 3. The molecule has 0 spiro atoms.